The highest BCUT2D eigenvalue weighted by atomic mass is 19.1. The van der Waals surface area contributed by atoms with Crippen LogP contribution < -0.4 is 16.0 Å². The van der Waals surface area contributed by atoms with Crippen LogP contribution in [0.15, 0.2) is 30.5 Å². The van der Waals surface area contributed by atoms with Gasteiger partial charge in [0.25, 0.3) is 0 Å². The highest BCUT2D eigenvalue weighted by molar-refractivity contribution is 5.30. The van der Waals surface area contributed by atoms with Gasteiger partial charge in [-0.15, -0.1) is 0 Å². The van der Waals surface area contributed by atoms with Crippen molar-refractivity contribution in [1.29, 1.82) is 0 Å². The number of aromatic nitrogens is 2. The number of halogens is 1. The maximum Gasteiger partial charge on any atom is 0.165 e. The molecule has 5 nitrogen and oxygen atoms in total. The Hall–Kier alpha value is -1.92. The largest absolute Gasteiger partial charge is 0.494 e. The number of hydrazine groups is 1. The number of hydrogen-bond acceptors (Lipinski definition) is 4. The maximum atomic E-state index is 13.6. The van der Waals surface area contributed by atoms with Crippen LogP contribution in [-0.4, -0.2) is 16.9 Å². The number of aryl methyl sites for hydroxylation is 1. The monoisotopic (exact) mass is 264 g/mol. The highest BCUT2D eigenvalue weighted by Crippen LogP contribution is 2.22. The molecule has 6 heteroatoms. The SMILES string of the molecule is COc1ccc(CC(NN)c2ccnn2C)cc1F. The predicted molar refractivity (Wildman–Crippen MR) is 69.9 cm³/mol. The molecule has 0 aliphatic heterocycles. The Kier molecular flexibility index (Phi) is 4.13. The summed E-state index contributed by atoms with van der Waals surface area (Å²) < 4.78 is 20.3. The average Bonchev–Trinajstić information content (AvgIpc) is 2.82. The molecule has 0 saturated heterocycles. The average molecular weight is 264 g/mol. The number of nitrogens with zero attached hydrogens (tertiary/aromatic N) is 2. The normalized spacial score (nSPS) is 12.4. The van der Waals surface area contributed by atoms with E-state index in [0.717, 1.165) is 11.3 Å². The van der Waals surface area contributed by atoms with Gasteiger partial charge in [0.2, 0.25) is 0 Å². The second-order valence-electron chi connectivity index (χ2n) is 4.27. The van der Waals surface area contributed by atoms with E-state index in [4.69, 9.17) is 10.6 Å². The summed E-state index contributed by atoms with van der Waals surface area (Å²) in [6.45, 7) is 0. The van der Waals surface area contributed by atoms with Crippen molar-refractivity contribution in [2.45, 2.75) is 12.5 Å². The molecule has 102 valence electrons. The second-order valence-corrected chi connectivity index (χ2v) is 4.27. The molecule has 0 aliphatic rings. The predicted octanol–water partition coefficient (Wildman–Crippen LogP) is 1.31. The molecule has 0 fully saturated rings. The Morgan fingerprint density at radius 3 is 2.79 bits per heavy atom. The molecule has 1 aromatic carbocycles. The van der Waals surface area contributed by atoms with Crippen LogP contribution in [0.25, 0.3) is 0 Å². The van der Waals surface area contributed by atoms with Crippen molar-refractivity contribution >= 4 is 0 Å². The first-order valence-electron chi connectivity index (χ1n) is 5.92. The van der Waals surface area contributed by atoms with Gasteiger partial charge in [-0.2, -0.15) is 5.10 Å². The Bertz CT molecular complexity index is 555. The molecular weight excluding hydrogens is 247 g/mol. The van der Waals surface area contributed by atoms with Crippen molar-refractivity contribution in [1.82, 2.24) is 15.2 Å². The van der Waals surface area contributed by atoms with Crippen molar-refractivity contribution in [3.8, 4) is 5.75 Å². The van der Waals surface area contributed by atoms with Gasteiger partial charge in [-0.05, 0) is 30.2 Å². The molecule has 19 heavy (non-hydrogen) atoms. The summed E-state index contributed by atoms with van der Waals surface area (Å²) in [4.78, 5) is 0. The number of benzene rings is 1. The molecule has 0 aliphatic carbocycles. The number of hydrogen-bond donors (Lipinski definition) is 2. The van der Waals surface area contributed by atoms with E-state index in [1.807, 2.05) is 19.2 Å². The molecule has 0 radical (unpaired) electrons. The van der Waals surface area contributed by atoms with E-state index in [2.05, 4.69) is 10.5 Å². The topological polar surface area (TPSA) is 65.1 Å². The first-order valence-corrected chi connectivity index (χ1v) is 5.92. The van der Waals surface area contributed by atoms with Gasteiger partial charge in [0, 0.05) is 13.2 Å². The van der Waals surface area contributed by atoms with Crippen LogP contribution in [0.2, 0.25) is 0 Å². The van der Waals surface area contributed by atoms with Crippen LogP contribution in [-0.2, 0) is 13.5 Å². The van der Waals surface area contributed by atoms with Gasteiger partial charge in [0.1, 0.15) is 0 Å². The summed E-state index contributed by atoms with van der Waals surface area (Å²) in [5.74, 6) is 5.43. The number of nitrogens with two attached hydrogens (primary N) is 1. The molecular formula is C13H17FN4O. The highest BCUT2D eigenvalue weighted by Gasteiger charge is 2.15. The second kappa shape index (κ2) is 5.81. The van der Waals surface area contributed by atoms with Crippen LogP contribution in [0.1, 0.15) is 17.3 Å². The van der Waals surface area contributed by atoms with Crippen molar-refractivity contribution in [3.63, 3.8) is 0 Å². The molecule has 0 saturated carbocycles. The van der Waals surface area contributed by atoms with Gasteiger partial charge in [-0.3, -0.25) is 16.0 Å². The lowest BCUT2D eigenvalue weighted by atomic mass is 10.0. The first kappa shape index (κ1) is 13.5. The van der Waals surface area contributed by atoms with Gasteiger partial charge in [0.15, 0.2) is 11.6 Å². The third kappa shape index (κ3) is 2.91. The summed E-state index contributed by atoms with van der Waals surface area (Å²) in [7, 11) is 3.28. The summed E-state index contributed by atoms with van der Waals surface area (Å²) >= 11 is 0. The minimum atomic E-state index is -0.374. The minimum Gasteiger partial charge on any atom is -0.494 e. The van der Waals surface area contributed by atoms with E-state index in [0.29, 0.717) is 6.42 Å². The Labute approximate surface area is 111 Å². The molecule has 0 spiro atoms. The maximum absolute atomic E-state index is 13.6. The van der Waals surface area contributed by atoms with Crippen molar-refractivity contribution in [3.05, 3.63) is 47.5 Å². The molecule has 1 heterocycles. The first-order chi connectivity index (χ1) is 9.15. The fourth-order valence-corrected chi connectivity index (χ4v) is 2.05. The molecule has 1 atom stereocenters. The zero-order valence-corrected chi connectivity index (χ0v) is 10.9. The lowest BCUT2D eigenvalue weighted by Gasteiger charge is -2.16. The van der Waals surface area contributed by atoms with Gasteiger partial charge in [-0.25, -0.2) is 4.39 Å². The summed E-state index contributed by atoms with van der Waals surface area (Å²) in [6, 6.07) is 6.65. The smallest absolute Gasteiger partial charge is 0.165 e. The van der Waals surface area contributed by atoms with E-state index < -0.39 is 0 Å². The van der Waals surface area contributed by atoms with Crippen molar-refractivity contribution in [2.75, 3.05) is 7.11 Å². The molecule has 2 aromatic rings. The summed E-state index contributed by atoms with van der Waals surface area (Å²) in [5, 5.41) is 4.10. The number of nitrogens with one attached hydrogen (secondary N) is 1. The molecule has 3 N–H and O–H groups in total. The minimum absolute atomic E-state index is 0.125. The van der Waals surface area contributed by atoms with Gasteiger partial charge in [-0.1, -0.05) is 6.07 Å². The number of methoxy groups -OCH3 is 1. The van der Waals surface area contributed by atoms with Crippen LogP contribution in [0.4, 0.5) is 4.39 Å². The number of rotatable bonds is 5. The third-order valence-corrected chi connectivity index (χ3v) is 3.07. The van der Waals surface area contributed by atoms with E-state index in [1.54, 1.807) is 16.9 Å². The van der Waals surface area contributed by atoms with Crippen LogP contribution >= 0.6 is 0 Å². The standard InChI is InChI=1S/C13H17FN4O/c1-18-12(5-6-16-18)11(17-15)8-9-3-4-13(19-2)10(14)7-9/h3-7,11,17H,8,15H2,1-2H3. The molecule has 0 bridgehead atoms. The lowest BCUT2D eigenvalue weighted by Crippen LogP contribution is -2.31. The zero-order valence-electron chi connectivity index (χ0n) is 10.9. The van der Waals surface area contributed by atoms with Gasteiger partial charge >= 0.3 is 0 Å². The van der Waals surface area contributed by atoms with Gasteiger partial charge in [0.05, 0.1) is 18.8 Å². The Morgan fingerprint density at radius 1 is 1.47 bits per heavy atom. The number of ether oxygens (including phenoxy) is 1. The third-order valence-electron chi connectivity index (χ3n) is 3.07. The zero-order chi connectivity index (χ0) is 13.8. The quantitative estimate of drug-likeness (QED) is 0.631. The van der Waals surface area contributed by atoms with Crippen LogP contribution in [0, 0.1) is 5.82 Å². The summed E-state index contributed by atoms with van der Waals surface area (Å²) in [5.41, 5.74) is 4.51. The van der Waals surface area contributed by atoms with E-state index in [-0.39, 0.29) is 17.6 Å². The van der Waals surface area contributed by atoms with Crippen LogP contribution in [0.3, 0.4) is 0 Å². The Balaban J connectivity index is 2.19. The fourth-order valence-electron chi connectivity index (χ4n) is 2.05. The van der Waals surface area contributed by atoms with Crippen LogP contribution in [0.5, 0.6) is 5.75 Å². The van der Waals surface area contributed by atoms with E-state index in [1.165, 1.54) is 13.2 Å². The molecule has 0 amide bonds. The fraction of sp³-hybridized carbons (Fsp3) is 0.308. The van der Waals surface area contributed by atoms with Gasteiger partial charge < -0.3 is 4.74 Å². The van der Waals surface area contributed by atoms with Crippen molar-refractivity contribution in [2.24, 2.45) is 12.9 Å². The lowest BCUT2D eigenvalue weighted by molar-refractivity contribution is 0.386. The summed E-state index contributed by atoms with van der Waals surface area (Å²) in [6.07, 6.45) is 2.27. The van der Waals surface area contributed by atoms with E-state index >= 15 is 0 Å². The van der Waals surface area contributed by atoms with Crippen molar-refractivity contribution < 1.29 is 9.13 Å². The molecule has 2 rings (SSSR count). The van der Waals surface area contributed by atoms with E-state index in [9.17, 15) is 4.39 Å². The Morgan fingerprint density at radius 2 is 2.26 bits per heavy atom. The molecule has 1 aromatic heterocycles. The molecule has 1 unspecified atom stereocenters.